The van der Waals surface area contributed by atoms with Crippen molar-refractivity contribution in [1.29, 1.82) is 0 Å². The normalized spacial score (nSPS) is 32.1. The predicted molar refractivity (Wildman–Crippen MR) is 73.4 cm³/mol. The third kappa shape index (κ3) is 4.23. The number of hydrogen-bond acceptors (Lipinski definition) is 3. The van der Waals surface area contributed by atoms with Gasteiger partial charge in [-0.3, -0.25) is 0 Å². The van der Waals surface area contributed by atoms with Crippen LogP contribution in [0.25, 0.3) is 0 Å². The molecule has 0 saturated carbocycles. The minimum absolute atomic E-state index is 0.760. The van der Waals surface area contributed by atoms with Gasteiger partial charge < -0.3 is 15.1 Å². The van der Waals surface area contributed by atoms with Gasteiger partial charge in [0, 0.05) is 25.7 Å². The van der Waals surface area contributed by atoms with E-state index < -0.39 is 0 Å². The highest BCUT2D eigenvalue weighted by atomic mass is 15.2. The molecule has 3 heteroatoms. The Balaban J connectivity index is 1.66. The van der Waals surface area contributed by atoms with Gasteiger partial charge in [0.25, 0.3) is 0 Å². The third-order valence-electron chi connectivity index (χ3n) is 4.19. The molecule has 0 bridgehead atoms. The van der Waals surface area contributed by atoms with Crippen LogP contribution in [-0.4, -0.2) is 62.2 Å². The minimum atomic E-state index is 0.760. The summed E-state index contributed by atoms with van der Waals surface area (Å²) in [7, 11) is 2.27. The number of nitrogens with zero attached hydrogens (tertiary/aromatic N) is 2. The maximum Gasteiger partial charge on any atom is 0.0207 e. The van der Waals surface area contributed by atoms with E-state index in [4.69, 9.17) is 0 Å². The van der Waals surface area contributed by atoms with E-state index in [0.717, 1.165) is 12.0 Å². The lowest BCUT2D eigenvalue weighted by Gasteiger charge is -2.32. The van der Waals surface area contributed by atoms with E-state index in [1.54, 1.807) is 0 Å². The molecular formula is C14H29N3. The summed E-state index contributed by atoms with van der Waals surface area (Å²) in [4.78, 5) is 5.17. The molecule has 0 amide bonds. The summed E-state index contributed by atoms with van der Waals surface area (Å²) >= 11 is 0. The molecule has 3 nitrogen and oxygen atoms in total. The largest absolute Gasteiger partial charge is 0.313 e. The van der Waals surface area contributed by atoms with Gasteiger partial charge in [-0.2, -0.15) is 0 Å². The summed E-state index contributed by atoms with van der Waals surface area (Å²) in [6, 6.07) is 0.760. The molecule has 17 heavy (non-hydrogen) atoms. The van der Waals surface area contributed by atoms with E-state index in [2.05, 4.69) is 29.1 Å². The molecule has 2 heterocycles. The molecule has 0 radical (unpaired) electrons. The second-order valence-corrected chi connectivity index (χ2v) is 5.97. The topological polar surface area (TPSA) is 18.5 Å². The van der Waals surface area contributed by atoms with Gasteiger partial charge in [-0.15, -0.1) is 0 Å². The SMILES string of the molecule is CCCNC1CCN(CC2CCCN(C)C2)C1. The maximum absolute atomic E-state index is 3.66. The highest BCUT2D eigenvalue weighted by Crippen LogP contribution is 2.19. The first-order valence-electron chi connectivity index (χ1n) is 7.42. The first kappa shape index (κ1) is 13.3. The van der Waals surface area contributed by atoms with Gasteiger partial charge in [0.2, 0.25) is 0 Å². The predicted octanol–water partition coefficient (Wildman–Crippen LogP) is 1.40. The summed E-state index contributed by atoms with van der Waals surface area (Å²) in [5.41, 5.74) is 0. The number of piperidine rings is 1. The van der Waals surface area contributed by atoms with Gasteiger partial charge in [-0.25, -0.2) is 0 Å². The van der Waals surface area contributed by atoms with Crippen LogP contribution in [0.2, 0.25) is 0 Å². The van der Waals surface area contributed by atoms with Crippen molar-refractivity contribution in [3.05, 3.63) is 0 Å². The van der Waals surface area contributed by atoms with Gasteiger partial charge >= 0.3 is 0 Å². The van der Waals surface area contributed by atoms with Crippen molar-refractivity contribution in [1.82, 2.24) is 15.1 Å². The Hall–Kier alpha value is -0.120. The van der Waals surface area contributed by atoms with Crippen molar-refractivity contribution in [2.24, 2.45) is 5.92 Å². The standard InChI is InChI=1S/C14H29N3/c1-3-7-15-14-6-9-17(12-14)11-13-5-4-8-16(2)10-13/h13-15H,3-12H2,1-2H3. The molecule has 0 aromatic carbocycles. The van der Waals surface area contributed by atoms with Crippen LogP contribution in [0.5, 0.6) is 0 Å². The summed E-state index contributed by atoms with van der Waals surface area (Å²) in [6.07, 6.45) is 5.44. The second kappa shape index (κ2) is 6.72. The lowest BCUT2D eigenvalue weighted by molar-refractivity contribution is 0.165. The van der Waals surface area contributed by atoms with Gasteiger partial charge in [-0.1, -0.05) is 6.92 Å². The molecule has 0 aliphatic carbocycles. The Kier molecular flexibility index (Phi) is 5.26. The molecule has 100 valence electrons. The third-order valence-corrected chi connectivity index (χ3v) is 4.19. The molecular weight excluding hydrogens is 210 g/mol. The molecule has 2 aliphatic heterocycles. The molecule has 2 unspecified atom stereocenters. The van der Waals surface area contributed by atoms with Crippen LogP contribution >= 0.6 is 0 Å². The van der Waals surface area contributed by atoms with Crippen molar-refractivity contribution in [2.75, 3.05) is 46.3 Å². The quantitative estimate of drug-likeness (QED) is 0.782. The number of hydrogen-bond donors (Lipinski definition) is 1. The van der Waals surface area contributed by atoms with Crippen molar-refractivity contribution in [2.45, 2.75) is 38.6 Å². The zero-order chi connectivity index (χ0) is 12.1. The van der Waals surface area contributed by atoms with Crippen molar-refractivity contribution in [3.8, 4) is 0 Å². The first-order valence-corrected chi connectivity index (χ1v) is 7.42. The summed E-state index contributed by atoms with van der Waals surface area (Å²) in [5.74, 6) is 0.915. The monoisotopic (exact) mass is 239 g/mol. The summed E-state index contributed by atoms with van der Waals surface area (Å²) in [6.45, 7) is 9.96. The Morgan fingerprint density at radius 2 is 2.06 bits per heavy atom. The zero-order valence-corrected chi connectivity index (χ0v) is 11.6. The van der Waals surface area contributed by atoms with Crippen LogP contribution in [0.15, 0.2) is 0 Å². The summed E-state index contributed by atoms with van der Waals surface area (Å²) in [5, 5.41) is 3.66. The van der Waals surface area contributed by atoms with E-state index in [1.807, 2.05) is 0 Å². The van der Waals surface area contributed by atoms with Crippen molar-refractivity contribution >= 4 is 0 Å². The molecule has 2 fully saturated rings. The van der Waals surface area contributed by atoms with E-state index in [1.165, 1.54) is 65.0 Å². The van der Waals surface area contributed by atoms with Crippen LogP contribution in [-0.2, 0) is 0 Å². The number of nitrogens with one attached hydrogen (secondary N) is 1. The molecule has 0 aromatic heterocycles. The number of rotatable bonds is 5. The fourth-order valence-electron chi connectivity index (χ4n) is 3.30. The molecule has 0 aromatic rings. The van der Waals surface area contributed by atoms with Crippen LogP contribution in [0, 0.1) is 5.92 Å². The average Bonchev–Trinajstić information content (AvgIpc) is 2.74. The highest BCUT2D eigenvalue weighted by molar-refractivity contribution is 4.83. The van der Waals surface area contributed by atoms with E-state index in [-0.39, 0.29) is 0 Å². The average molecular weight is 239 g/mol. The van der Waals surface area contributed by atoms with Crippen LogP contribution in [0.3, 0.4) is 0 Å². The molecule has 2 aliphatic rings. The zero-order valence-electron chi connectivity index (χ0n) is 11.6. The van der Waals surface area contributed by atoms with Crippen LogP contribution < -0.4 is 5.32 Å². The van der Waals surface area contributed by atoms with Crippen LogP contribution in [0.4, 0.5) is 0 Å². The summed E-state index contributed by atoms with van der Waals surface area (Å²) < 4.78 is 0. The fourth-order valence-corrected chi connectivity index (χ4v) is 3.30. The lowest BCUT2D eigenvalue weighted by Crippen LogP contribution is -2.40. The Morgan fingerprint density at radius 3 is 2.82 bits per heavy atom. The molecule has 2 atom stereocenters. The minimum Gasteiger partial charge on any atom is -0.313 e. The maximum atomic E-state index is 3.66. The van der Waals surface area contributed by atoms with E-state index >= 15 is 0 Å². The van der Waals surface area contributed by atoms with Gasteiger partial charge in [0.1, 0.15) is 0 Å². The molecule has 2 saturated heterocycles. The Bertz CT molecular complexity index is 220. The van der Waals surface area contributed by atoms with Gasteiger partial charge in [-0.05, 0) is 58.3 Å². The van der Waals surface area contributed by atoms with E-state index in [9.17, 15) is 0 Å². The van der Waals surface area contributed by atoms with Gasteiger partial charge in [0.15, 0.2) is 0 Å². The Labute approximate surface area is 107 Å². The Morgan fingerprint density at radius 1 is 1.18 bits per heavy atom. The van der Waals surface area contributed by atoms with Crippen LogP contribution in [0.1, 0.15) is 32.6 Å². The van der Waals surface area contributed by atoms with Crippen molar-refractivity contribution < 1.29 is 0 Å². The van der Waals surface area contributed by atoms with Crippen molar-refractivity contribution in [3.63, 3.8) is 0 Å². The second-order valence-electron chi connectivity index (χ2n) is 5.97. The highest BCUT2D eigenvalue weighted by Gasteiger charge is 2.25. The smallest absolute Gasteiger partial charge is 0.0207 e. The molecule has 2 rings (SSSR count). The molecule has 1 N–H and O–H groups in total. The number of likely N-dealkylation sites (tertiary alicyclic amines) is 2. The molecule has 0 spiro atoms. The first-order chi connectivity index (χ1) is 8.28. The van der Waals surface area contributed by atoms with Gasteiger partial charge in [0.05, 0.1) is 0 Å². The lowest BCUT2D eigenvalue weighted by atomic mass is 9.98. The van der Waals surface area contributed by atoms with E-state index in [0.29, 0.717) is 0 Å². The fraction of sp³-hybridized carbons (Fsp3) is 1.00.